The fraction of sp³-hybridized carbons (Fsp3) is 0.579. The first kappa shape index (κ1) is 17.1. The maximum atomic E-state index is 12.9. The lowest BCUT2D eigenvalue weighted by Gasteiger charge is -2.33. The van der Waals surface area contributed by atoms with Gasteiger partial charge in [-0.3, -0.25) is 9.78 Å². The largest absolute Gasteiger partial charge is 0.381 e. The molecular weight excluding hydrogens is 330 g/mol. The lowest BCUT2D eigenvalue weighted by Crippen LogP contribution is -2.40. The van der Waals surface area contributed by atoms with Gasteiger partial charge in [-0.15, -0.1) is 0 Å². The summed E-state index contributed by atoms with van der Waals surface area (Å²) >= 11 is 0. The predicted molar refractivity (Wildman–Crippen MR) is 95.7 cm³/mol. The molecule has 0 aromatic carbocycles. The number of rotatable bonds is 6. The van der Waals surface area contributed by atoms with Gasteiger partial charge in [0.05, 0.1) is 37.1 Å². The number of aryl methyl sites for hydroxylation is 1. The van der Waals surface area contributed by atoms with E-state index in [0.717, 1.165) is 23.9 Å². The zero-order valence-electron chi connectivity index (χ0n) is 15.4. The normalized spacial score (nSPS) is 19.5. The molecule has 0 saturated heterocycles. The summed E-state index contributed by atoms with van der Waals surface area (Å²) in [4.78, 5) is 27.8. The molecule has 0 radical (unpaired) electrons. The topological polar surface area (TPSA) is 73.1 Å². The van der Waals surface area contributed by atoms with Gasteiger partial charge in [0.25, 0.3) is 5.91 Å². The number of imidazole rings is 1. The summed E-state index contributed by atoms with van der Waals surface area (Å²) in [6, 6.07) is 0. The van der Waals surface area contributed by atoms with Gasteiger partial charge in [-0.2, -0.15) is 0 Å². The minimum absolute atomic E-state index is 0.0959. The number of ether oxygens (including phenoxy) is 1. The fourth-order valence-corrected chi connectivity index (χ4v) is 3.56. The average molecular weight is 355 g/mol. The maximum absolute atomic E-state index is 12.9. The van der Waals surface area contributed by atoms with Crippen LogP contribution < -0.4 is 0 Å². The molecule has 26 heavy (non-hydrogen) atoms. The zero-order chi connectivity index (χ0) is 18.1. The number of amides is 1. The summed E-state index contributed by atoms with van der Waals surface area (Å²) in [6.07, 6.45) is 7.72. The standard InChI is InChI=1S/C19H25N5O2/c1-3-26-11-15-9-23(19(25)16-7-20-13(2)6-21-16)10-17-18(15)24(12-22-17)8-14-4-5-14/h6-7,12,14-15H,3-5,8-11H2,1-2H3. The van der Waals surface area contributed by atoms with E-state index in [2.05, 4.69) is 19.5 Å². The second-order valence-electron chi connectivity index (χ2n) is 7.26. The van der Waals surface area contributed by atoms with Gasteiger partial charge in [0, 0.05) is 37.5 Å². The van der Waals surface area contributed by atoms with E-state index in [1.165, 1.54) is 18.5 Å². The van der Waals surface area contributed by atoms with E-state index in [4.69, 9.17) is 4.74 Å². The van der Waals surface area contributed by atoms with Crippen molar-refractivity contribution in [3.63, 3.8) is 0 Å². The number of fused-ring (bicyclic) bond motifs is 1. The summed E-state index contributed by atoms with van der Waals surface area (Å²) in [5.74, 6) is 0.826. The average Bonchev–Trinajstić information content (AvgIpc) is 3.38. The van der Waals surface area contributed by atoms with Crippen LogP contribution in [0.3, 0.4) is 0 Å². The Labute approximate surface area is 153 Å². The monoisotopic (exact) mass is 355 g/mol. The van der Waals surface area contributed by atoms with E-state index >= 15 is 0 Å². The molecule has 1 unspecified atom stereocenters. The number of aromatic nitrogens is 4. The minimum Gasteiger partial charge on any atom is -0.381 e. The third kappa shape index (κ3) is 3.49. The highest BCUT2D eigenvalue weighted by Gasteiger charge is 2.34. The van der Waals surface area contributed by atoms with E-state index in [0.29, 0.717) is 32.0 Å². The molecule has 7 heteroatoms. The molecule has 1 saturated carbocycles. The molecule has 1 fully saturated rings. The van der Waals surface area contributed by atoms with Gasteiger partial charge in [-0.25, -0.2) is 9.97 Å². The number of hydrogen-bond acceptors (Lipinski definition) is 5. The van der Waals surface area contributed by atoms with Crippen molar-refractivity contribution in [1.82, 2.24) is 24.4 Å². The molecule has 2 aromatic rings. The molecule has 0 N–H and O–H groups in total. The number of hydrogen-bond donors (Lipinski definition) is 0. The van der Waals surface area contributed by atoms with Gasteiger partial charge < -0.3 is 14.2 Å². The van der Waals surface area contributed by atoms with Crippen molar-refractivity contribution in [2.45, 2.75) is 45.7 Å². The van der Waals surface area contributed by atoms with Crippen molar-refractivity contribution in [2.75, 3.05) is 19.8 Å². The molecule has 4 rings (SSSR count). The lowest BCUT2D eigenvalue weighted by atomic mass is 9.98. The first-order chi connectivity index (χ1) is 12.7. The fourth-order valence-electron chi connectivity index (χ4n) is 3.56. The third-order valence-corrected chi connectivity index (χ3v) is 5.09. The third-order valence-electron chi connectivity index (χ3n) is 5.09. The van der Waals surface area contributed by atoms with E-state index < -0.39 is 0 Å². The van der Waals surface area contributed by atoms with Crippen LogP contribution in [0, 0.1) is 12.8 Å². The van der Waals surface area contributed by atoms with Crippen LogP contribution in [0.1, 0.15) is 53.3 Å². The van der Waals surface area contributed by atoms with Crippen LogP contribution in [-0.4, -0.2) is 50.1 Å². The quantitative estimate of drug-likeness (QED) is 0.794. The minimum atomic E-state index is -0.0959. The Bertz CT molecular complexity index is 782. The van der Waals surface area contributed by atoms with E-state index in [-0.39, 0.29) is 11.8 Å². The molecule has 2 aliphatic rings. The van der Waals surface area contributed by atoms with Crippen molar-refractivity contribution in [1.29, 1.82) is 0 Å². The van der Waals surface area contributed by atoms with Gasteiger partial charge in [0.15, 0.2) is 0 Å². The van der Waals surface area contributed by atoms with Gasteiger partial charge in [0.2, 0.25) is 0 Å². The number of carbonyl (C=O) groups excluding carboxylic acids is 1. The Morgan fingerprint density at radius 2 is 2.12 bits per heavy atom. The summed E-state index contributed by atoms with van der Waals surface area (Å²) in [5, 5.41) is 0. The Hall–Kier alpha value is -2.28. The zero-order valence-corrected chi connectivity index (χ0v) is 15.4. The molecule has 1 amide bonds. The van der Waals surface area contributed by atoms with E-state index in [1.807, 2.05) is 25.1 Å². The number of carbonyl (C=O) groups is 1. The molecule has 7 nitrogen and oxygen atoms in total. The Morgan fingerprint density at radius 1 is 1.27 bits per heavy atom. The Balaban J connectivity index is 1.58. The second kappa shape index (κ2) is 7.15. The van der Waals surface area contributed by atoms with Crippen molar-refractivity contribution in [3.05, 3.63) is 41.5 Å². The highest BCUT2D eigenvalue weighted by atomic mass is 16.5. The molecule has 1 aliphatic carbocycles. The molecule has 138 valence electrons. The van der Waals surface area contributed by atoms with Crippen molar-refractivity contribution < 1.29 is 9.53 Å². The first-order valence-electron chi connectivity index (χ1n) is 9.35. The van der Waals surface area contributed by atoms with Crippen LogP contribution in [-0.2, 0) is 17.8 Å². The SMILES string of the molecule is CCOCC1CN(C(=O)c2cnc(C)cn2)Cc2ncn(CC3CC3)c21. The number of nitrogens with zero attached hydrogens (tertiary/aromatic N) is 5. The highest BCUT2D eigenvalue weighted by molar-refractivity contribution is 5.92. The van der Waals surface area contributed by atoms with Crippen LogP contribution >= 0.6 is 0 Å². The predicted octanol–water partition coefficient (Wildman–Crippen LogP) is 2.17. The van der Waals surface area contributed by atoms with Gasteiger partial charge in [-0.1, -0.05) is 0 Å². The van der Waals surface area contributed by atoms with Crippen LogP contribution in [0.5, 0.6) is 0 Å². The Kier molecular flexibility index (Phi) is 4.72. The lowest BCUT2D eigenvalue weighted by molar-refractivity contribution is 0.0638. The van der Waals surface area contributed by atoms with E-state index in [9.17, 15) is 4.79 Å². The summed E-state index contributed by atoms with van der Waals surface area (Å²) in [5.41, 5.74) is 3.40. The van der Waals surface area contributed by atoms with Crippen LogP contribution in [0.25, 0.3) is 0 Å². The highest BCUT2D eigenvalue weighted by Crippen LogP contribution is 2.34. The van der Waals surface area contributed by atoms with Crippen molar-refractivity contribution in [2.24, 2.45) is 5.92 Å². The molecule has 1 atom stereocenters. The second-order valence-corrected chi connectivity index (χ2v) is 7.26. The van der Waals surface area contributed by atoms with E-state index in [1.54, 1.807) is 12.4 Å². The molecule has 0 spiro atoms. The van der Waals surface area contributed by atoms with Crippen molar-refractivity contribution >= 4 is 5.91 Å². The Morgan fingerprint density at radius 3 is 2.81 bits per heavy atom. The molecule has 1 aliphatic heterocycles. The van der Waals surface area contributed by atoms with Crippen LogP contribution in [0.2, 0.25) is 0 Å². The molecular formula is C19H25N5O2. The van der Waals surface area contributed by atoms with Gasteiger partial charge in [0.1, 0.15) is 5.69 Å². The molecule has 3 heterocycles. The summed E-state index contributed by atoms with van der Waals surface area (Å²) < 4.78 is 8.00. The van der Waals surface area contributed by atoms with Gasteiger partial charge in [-0.05, 0) is 32.6 Å². The van der Waals surface area contributed by atoms with Crippen LogP contribution in [0.15, 0.2) is 18.7 Å². The molecule has 2 aromatic heterocycles. The first-order valence-corrected chi connectivity index (χ1v) is 9.35. The molecule has 0 bridgehead atoms. The van der Waals surface area contributed by atoms with Crippen LogP contribution in [0.4, 0.5) is 0 Å². The van der Waals surface area contributed by atoms with Crippen molar-refractivity contribution in [3.8, 4) is 0 Å². The summed E-state index contributed by atoms with van der Waals surface area (Å²) in [6.45, 7) is 7.29. The summed E-state index contributed by atoms with van der Waals surface area (Å²) in [7, 11) is 0. The smallest absolute Gasteiger partial charge is 0.274 e. The van der Waals surface area contributed by atoms with Gasteiger partial charge >= 0.3 is 0 Å². The maximum Gasteiger partial charge on any atom is 0.274 e.